The van der Waals surface area contributed by atoms with Crippen LogP contribution in [0.15, 0.2) is 59.6 Å². The van der Waals surface area contributed by atoms with E-state index in [1.807, 2.05) is 5.32 Å². The molecule has 14 atom stereocenters. The number of primary amides is 1. The number of rotatable bonds is 46. The van der Waals surface area contributed by atoms with Crippen LogP contribution < -0.4 is 80.8 Å². The van der Waals surface area contributed by atoms with E-state index in [0.717, 1.165) is 25.1 Å². The molecule has 3 unspecified atom stereocenters. The second-order valence-electron chi connectivity index (χ2n) is 28.0. The van der Waals surface area contributed by atoms with Crippen LogP contribution in [-0.4, -0.2) is 221 Å². The van der Waals surface area contributed by atoms with E-state index in [4.69, 9.17) is 32.4 Å². The highest BCUT2D eigenvalue weighted by Crippen LogP contribution is 2.22. The standard InChI is InChI=1S/C70H103F6N15O22/c1-12-36(10)49(90-55(96)41(22-17-23-81-67(79)80)83-56(97)43(25-33(4)5)85-59(100)48(77)52(94)35(8)9)61(102)91-50(37(11)92)60(101)82-29-47(93)89-51(53(54(78)95)113-66(108)70(74,75)76)62(103)87-46(31-110-65(107)69(71,72)73)64(106)112-40-21-16-20-39(27-40)28-45(63(104)105)86-57(98)42(24-32(2)3)84-58(99)44(26-34(6)7)88-68(109)111-30-38-18-14-13-15-19-38/h13-16,18-21,27,32-37,41-46,48-53,92,94H,12,17,22-26,28-31,77H2,1-11H3,(H2,78,95)(H,82,101)(H,83,97)(H,84,99)(H,85,100)(H,86,98)(H,87,103)(H,88,109)(H,89,93)(H,90,96)(H,91,102)(H,104,105)(H4,79,80,81)/t36-,37-,41+,42-,43-,44+,45?,46?,48-,49-,50-,51-,52?,53-/m0/s1. The number of ether oxygens (including phenoxy) is 4. The Kier molecular flexibility index (Phi) is 40.6. The largest absolute Gasteiger partial charge is 0.490 e. The minimum absolute atomic E-state index is 0.00810. The number of nitrogens with zero attached hydrogens (tertiary/aromatic N) is 1. The van der Waals surface area contributed by atoms with Gasteiger partial charge in [0.05, 0.1) is 18.8 Å². The van der Waals surface area contributed by atoms with Crippen molar-refractivity contribution in [2.24, 2.45) is 57.5 Å². The zero-order chi connectivity index (χ0) is 86.1. The molecular weight excluding hydrogens is 1520 g/mol. The molecule has 2 aromatic carbocycles. The molecule has 0 aliphatic carbocycles. The van der Waals surface area contributed by atoms with Gasteiger partial charge in [0.25, 0.3) is 5.91 Å². The number of aliphatic hydroxyl groups excluding tert-OH is 2. The van der Waals surface area contributed by atoms with Gasteiger partial charge in [-0.2, -0.15) is 26.3 Å². The fourth-order valence-corrected chi connectivity index (χ4v) is 10.3. The predicted molar refractivity (Wildman–Crippen MR) is 386 cm³/mol. The number of carbonyl (C=O) groups excluding carboxylic acids is 14. The minimum atomic E-state index is -6.02. The van der Waals surface area contributed by atoms with E-state index in [0.29, 0.717) is 5.56 Å². The number of guanidine groups is 1. The van der Waals surface area contributed by atoms with E-state index in [1.54, 1.807) is 103 Å². The summed E-state index contributed by atoms with van der Waals surface area (Å²) < 4.78 is 101. The van der Waals surface area contributed by atoms with Crippen LogP contribution in [0.4, 0.5) is 31.1 Å². The van der Waals surface area contributed by atoms with Crippen molar-refractivity contribution in [2.75, 3.05) is 19.7 Å². The van der Waals surface area contributed by atoms with Crippen LogP contribution in [0.5, 0.6) is 5.75 Å². The Morgan fingerprint density at radius 1 is 0.531 bits per heavy atom. The van der Waals surface area contributed by atoms with Crippen molar-refractivity contribution >= 4 is 95.0 Å². The number of amides is 11. The molecule has 37 nitrogen and oxygen atoms in total. The number of aliphatic imine (C=N–C) groups is 1. The first-order valence-corrected chi connectivity index (χ1v) is 35.7. The first-order valence-electron chi connectivity index (χ1n) is 35.7. The summed E-state index contributed by atoms with van der Waals surface area (Å²) in [6.07, 6.45) is -20.2. The van der Waals surface area contributed by atoms with Gasteiger partial charge >= 0.3 is 42.3 Å². The number of esters is 3. The van der Waals surface area contributed by atoms with Crippen molar-refractivity contribution in [1.82, 2.24) is 53.2 Å². The van der Waals surface area contributed by atoms with Gasteiger partial charge in [-0.3, -0.25) is 52.9 Å². The second kappa shape index (κ2) is 46.8. The van der Waals surface area contributed by atoms with Crippen LogP contribution in [0, 0.1) is 29.6 Å². The molecule has 43 heteroatoms. The number of hydrogen-bond acceptors (Lipinski definition) is 23. The SMILES string of the molecule is CC[C@H](C)[C@H](NC(=O)[C@@H](CCCN=C(N)N)NC(=O)[C@H](CC(C)C)NC(=O)[C@@H](N)C(O)C(C)C)C(=O)N[C@H](C(=O)NCC(=O)N[C@H](C(=O)NC(COC(=O)C(F)(F)F)C(=O)Oc1cccc(CC(NC(=O)[C@H](CC(C)C)NC(=O)[C@@H](CC(C)C)NC(=O)OCc2ccccc2)C(=O)O)c1)[C@H](OC(=O)C(F)(F)F)C(N)=O)[C@H](C)O. The van der Waals surface area contributed by atoms with Gasteiger partial charge in [-0.05, 0) is 91.9 Å². The zero-order valence-corrected chi connectivity index (χ0v) is 64.0. The summed E-state index contributed by atoms with van der Waals surface area (Å²) >= 11 is 0. The van der Waals surface area contributed by atoms with Gasteiger partial charge in [0.15, 0.2) is 18.0 Å². The number of carboxylic acid groups (broad SMARTS) is 1. The van der Waals surface area contributed by atoms with Crippen molar-refractivity contribution in [3.8, 4) is 5.75 Å². The molecule has 113 heavy (non-hydrogen) atoms. The van der Waals surface area contributed by atoms with E-state index in [2.05, 4.69) is 51.7 Å². The third-order valence-corrected chi connectivity index (χ3v) is 16.5. The first kappa shape index (κ1) is 98.1. The first-order chi connectivity index (χ1) is 52.5. The lowest BCUT2D eigenvalue weighted by molar-refractivity contribution is -0.206. The molecule has 0 aliphatic heterocycles. The fourth-order valence-electron chi connectivity index (χ4n) is 10.3. The lowest BCUT2D eigenvalue weighted by Crippen LogP contribution is -2.63. The molecule has 0 saturated heterocycles. The topological polar surface area (TPSA) is 590 Å². The van der Waals surface area contributed by atoms with E-state index < -0.39 is 217 Å². The van der Waals surface area contributed by atoms with Crippen LogP contribution in [0.3, 0.4) is 0 Å². The molecule has 0 bridgehead atoms. The maximum Gasteiger partial charge on any atom is 0.490 e. The van der Waals surface area contributed by atoms with Gasteiger partial charge in [-0.1, -0.05) is 118 Å². The Morgan fingerprint density at radius 2 is 1.02 bits per heavy atom. The number of benzene rings is 2. The summed E-state index contributed by atoms with van der Waals surface area (Å²) in [7, 11) is 0. The molecule has 632 valence electrons. The summed E-state index contributed by atoms with van der Waals surface area (Å²) in [6, 6.07) is -5.86. The smallest absolute Gasteiger partial charge is 0.480 e. The predicted octanol–water partition coefficient (Wildman–Crippen LogP) is -1.46. The van der Waals surface area contributed by atoms with E-state index >= 15 is 0 Å². The quantitative estimate of drug-likeness (QED) is 0.00685. The van der Waals surface area contributed by atoms with Crippen molar-refractivity contribution < 1.29 is 133 Å². The van der Waals surface area contributed by atoms with E-state index in [1.165, 1.54) is 13.0 Å². The van der Waals surface area contributed by atoms with Gasteiger partial charge < -0.3 is 110 Å². The number of aliphatic hydroxyl groups is 2. The van der Waals surface area contributed by atoms with Crippen molar-refractivity contribution in [3.63, 3.8) is 0 Å². The number of alkyl halides is 6. The van der Waals surface area contributed by atoms with Gasteiger partial charge in [-0.15, -0.1) is 0 Å². The molecule has 0 radical (unpaired) electrons. The molecule has 21 N–H and O–H groups in total. The van der Waals surface area contributed by atoms with Gasteiger partial charge in [0.1, 0.15) is 67.3 Å². The molecule has 2 aromatic rings. The maximum absolute atomic E-state index is 14.2. The number of halogens is 6. The summed E-state index contributed by atoms with van der Waals surface area (Å²) in [5.74, 6) is -26.6. The Hall–Kier alpha value is -11.0. The summed E-state index contributed by atoms with van der Waals surface area (Å²) in [4.78, 5) is 205. The number of carboxylic acids is 1. The lowest BCUT2D eigenvalue weighted by Gasteiger charge is -2.30. The molecule has 0 aromatic heterocycles. The van der Waals surface area contributed by atoms with Crippen LogP contribution in [0.2, 0.25) is 0 Å². The second-order valence-corrected chi connectivity index (χ2v) is 28.0. The highest BCUT2D eigenvalue weighted by atomic mass is 19.4. The van der Waals surface area contributed by atoms with Crippen molar-refractivity contribution in [3.05, 3.63) is 65.7 Å². The summed E-state index contributed by atoms with van der Waals surface area (Å²) in [5, 5.41) is 53.7. The molecule has 0 saturated carbocycles. The number of hydrogen-bond donors (Lipinski definition) is 17. The Labute approximate surface area is 646 Å². The van der Waals surface area contributed by atoms with Crippen molar-refractivity contribution in [1.29, 1.82) is 0 Å². The highest BCUT2D eigenvalue weighted by Gasteiger charge is 2.48. The molecule has 0 heterocycles. The van der Waals surface area contributed by atoms with Gasteiger partial charge in [0, 0.05) is 13.0 Å². The number of alkyl carbamates (subject to hydrolysis) is 1. The molecule has 0 aliphatic rings. The zero-order valence-electron chi connectivity index (χ0n) is 64.0. The van der Waals surface area contributed by atoms with Crippen LogP contribution >= 0.6 is 0 Å². The normalized spacial score (nSPS) is 15.3. The third kappa shape index (κ3) is 35.5. The average molecular weight is 1620 g/mol. The van der Waals surface area contributed by atoms with Crippen LogP contribution in [0.25, 0.3) is 0 Å². The van der Waals surface area contributed by atoms with E-state index in [-0.39, 0.29) is 81.0 Å². The van der Waals surface area contributed by atoms with Crippen LogP contribution in [0.1, 0.15) is 126 Å². The Bertz CT molecular complexity index is 3630. The van der Waals surface area contributed by atoms with Gasteiger partial charge in [-0.25, -0.2) is 24.0 Å². The Morgan fingerprint density at radius 3 is 1.51 bits per heavy atom. The number of nitrogens with one attached hydrogen (secondary N) is 10. The Balaban J connectivity index is 2.55. The maximum atomic E-state index is 14.2. The minimum Gasteiger partial charge on any atom is -0.480 e. The number of aliphatic carboxylic acids is 1. The summed E-state index contributed by atoms with van der Waals surface area (Å²) in [6.45, 7) is 13.8. The highest BCUT2D eigenvalue weighted by molar-refractivity contribution is 6.00. The molecule has 0 spiro atoms. The monoisotopic (exact) mass is 1620 g/mol. The molecule has 2 rings (SSSR count). The molecular formula is C70H103F6N15O22. The molecule has 0 fully saturated rings. The van der Waals surface area contributed by atoms with E-state index in [9.17, 15) is 114 Å². The van der Waals surface area contributed by atoms with Crippen molar-refractivity contribution in [2.45, 2.75) is 219 Å². The lowest BCUT2D eigenvalue weighted by atomic mass is 9.96. The summed E-state index contributed by atoms with van der Waals surface area (Å²) in [5.41, 5.74) is 22.7. The average Bonchev–Trinajstić information content (AvgIpc) is 0.829. The van der Waals surface area contributed by atoms with Gasteiger partial charge in [0.2, 0.25) is 59.3 Å². The number of nitrogens with two attached hydrogens (primary N) is 4. The van der Waals surface area contributed by atoms with Crippen LogP contribution in [-0.2, 0) is 94.4 Å². The molecule has 11 amide bonds. The third-order valence-electron chi connectivity index (χ3n) is 16.5. The number of carbonyl (C=O) groups is 15. The fraction of sp³-hybridized carbons (Fsp3) is 0.600.